The lowest BCUT2D eigenvalue weighted by Crippen LogP contribution is -2.02. The van der Waals surface area contributed by atoms with E-state index in [4.69, 9.17) is 0 Å². The number of halogens is 1. The van der Waals surface area contributed by atoms with Gasteiger partial charge in [-0.2, -0.15) is 8.42 Å². The molecular formula is C12H15FN2O2S. The van der Waals surface area contributed by atoms with Gasteiger partial charge in [-0.25, -0.2) is 4.98 Å². The van der Waals surface area contributed by atoms with Crippen molar-refractivity contribution >= 4 is 15.9 Å². The molecule has 2 rings (SSSR count). The first-order valence-corrected chi connectivity index (χ1v) is 7.24. The van der Waals surface area contributed by atoms with Crippen molar-refractivity contribution < 1.29 is 12.3 Å². The van der Waals surface area contributed by atoms with Crippen molar-refractivity contribution in [3.63, 3.8) is 0 Å². The second-order valence-corrected chi connectivity index (χ2v) is 5.55. The van der Waals surface area contributed by atoms with E-state index in [1.807, 2.05) is 19.9 Å². The Bertz CT molecular complexity index is 677. The van der Waals surface area contributed by atoms with Crippen molar-refractivity contribution in [3.05, 3.63) is 29.6 Å². The van der Waals surface area contributed by atoms with Gasteiger partial charge in [-0.3, -0.25) is 4.40 Å². The molecule has 0 amide bonds. The first-order chi connectivity index (χ1) is 8.45. The van der Waals surface area contributed by atoms with E-state index in [1.54, 1.807) is 6.07 Å². The highest BCUT2D eigenvalue weighted by Gasteiger charge is 2.24. The van der Waals surface area contributed by atoms with Crippen LogP contribution in [0.4, 0.5) is 3.89 Å². The highest BCUT2D eigenvalue weighted by Crippen LogP contribution is 2.23. The van der Waals surface area contributed by atoms with Gasteiger partial charge in [-0.15, -0.1) is 0 Å². The molecule has 4 nitrogen and oxygen atoms in total. The van der Waals surface area contributed by atoms with Crippen molar-refractivity contribution in [3.8, 4) is 0 Å². The van der Waals surface area contributed by atoms with Gasteiger partial charge in [0.25, 0.3) is 0 Å². The Morgan fingerprint density at radius 3 is 2.78 bits per heavy atom. The monoisotopic (exact) mass is 270 g/mol. The summed E-state index contributed by atoms with van der Waals surface area (Å²) in [5, 5.41) is -0.324. The number of hydrogen-bond donors (Lipinski definition) is 0. The van der Waals surface area contributed by atoms with E-state index >= 15 is 0 Å². The van der Waals surface area contributed by atoms with Crippen LogP contribution in [0.25, 0.3) is 5.65 Å². The van der Waals surface area contributed by atoms with E-state index in [9.17, 15) is 12.3 Å². The smallest absolute Gasteiger partial charge is 0.288 e. The molecule has 0 radical (unpaired) electrons. The number of hydrogen-bond acceptors (Lipinski definition) is 3. The fourth-order valence-electron chi connectivity index (χ4n) is 1.99. The van der Waals surface area contributed by atoms with E-state index in [0.717, 1.165) is 18.4 Å². The third kappa shape index (κ3) is 2.25. The van der Waals surface area contributed by atoms with Gasteiger partial charge in [0.15, 0.2) is 5.03 Å². The molecule has 2 heterocycles. The normalized spacial score (nSPS) is 12.2. The summed E-state index contributed by atoms with van der Waals surface area (Å²) >= 11 is 0. The van der Waals surface area contributed by atoms with Gasteiger partial charge in [-0.1, -0.05) is 23.3 Å². The number of pyridine rings is 1. The lowest BCUT2D eigenvalue weighted by Gasteiger charge is -2.00. The fraction of sp³-hybridized carbons (Fsp3) is 0.417. The van der Waals surface area contributed by atoms with Gasteiger partial charge in [-0.05, 0) is 31.4 Å². The Hall–Kier alpha value is -1.43. The Kier molecular flexibility index (Phi) is 3.38. The Morgan fingerprint density at radius 2 is 2.17 bits per heavy atom. The van der Waals surface area contributed by atoms with Gasteiger partial charge in [0.05, 0.1) is 5.69 Å². The van der Waals surface area contributed by atoms with Gasteiger partial charge in [0.2, 0.25) is 0 Å². The summed E-state index contributed by atoms with van der Waals surface area (Å²) in [7, 11) is -4.76. The van der Waals surface area contributed by atoms with E-state index < -0.39 is 10.2 Å². The number of imidazole rings is 1. The third-order valence-corrected chi connectivity index (χ3v) is 3.76. The molecule has 2 aromatic heterocycles. The molecule has 98 valence electrons. The molecule has 0 aliphatic rings. The van der Waals surface area contributed by atoms with Crippen molar-refractivity contribution in [1.82, 2.24) is 9.38 Å². The molecular weight excluding hydrogens is 255 g/mol. The lowest BCUT2D eigenvalue weighted by molar-refractivity contribution is 0.544. The highest BCUT2D eigenvalue weighted by molar-refractivity contribution is 7.86. The minimum absolute atomic E-state index is 0.314. The Labute approximate surface area is 106 Å². The quantitative estimate of drug-likeness (QED) is 0.802. The molecule has 18 heavy (non-hydrogen) atoms. The molecule has 0 spiro atoms. The zero-order valence-electron chi connectivity index (χ0n) is 10.4. The predicted octanol–water partition coefficient (Wildman–Crippen LogP) is 2.64. The summed E-state index contributed by atoms with van der Waals surface area (Å²) in [6.45, 7) is 3.81. The molecule has 2 aromatic rings. The molecule has 6 heteroatoms. The molecule has 0 atom stereocenters. The summed E-state index contributed by atoms with van der Waals surface area (Å²) in [6.07, 6.45) is 3.68. The second-order valence-electron chi connectivity index (χ2n) is 4.29. The van der Waals surface area contributed by atoms with Gasteiger partial charge in [0, 0.05) is 6.20 Å². The molecule has 0 saturated heterocycles. The number of aromatic nitrogens is 2. The van der Waals surface area contributed by atoms with Gasteiger partial charge >= 0.3 is 10.2 Å². The van der Waals surface area contributed by atoms with Crippen molar-refractivity contribution in [2.75, 3.05) is 0 Å². The molecule has 0 unspecified atom stereocenters. The number of fused-ring (bicyclic) bond motifs is 1. The van der Waals surface area contributed by atoms with Crippen LogP contribution in [-0.2, 0) is 16.6 Å². The Balaban J connectivity index is 2.73. The third-order valence-electron chi connectivity index (χ3n) is 2.87. The maximum atomic E-state index is 13.4. The van der Waals surface area contributed by atoms with Crippen LogP contribution in [-0.4, -0.2) is 17.8 Å². The van der Waals surface area contributed by atoms with Crippen LogP contribution in [0.15, 0.2) is 23.4 Å². The predicted molar refractivity (Wildman–Crippen MR) is 66.8 cm³/mol. The van der Waals surface area contributed by atoms with Crippen LogP contribution in [0.5, 0.6) is 0 Å². The number of aryl methyl sites for hydroxylation is 2. The van der Waals surface area contributed by atoms with E-state index in [1.165, 1.54) is 10.6 Å². The molecule has 0 fully saturated rings. The summed E-state index contributed by atoms with van der Waals surface area (Å²) < 4.78 is 37.3. The number of unbranched alkanes of at least 4 members (excludes halogenated alkanes) is 1. The van der Waals surface area contributed by atoms with E-state index in [-0.39, 0.29) is 5.03 Å². The van der Waals surface area contributed by atoms with Crippen LogP contribution in [0.3, 0.4) is 0 Å². The Morgan fingerprint density at radius 1 is 1.44 bits per heavy atom. The topological polar surface area (TPSA) is 51.4 Å². The second kappa shape index (κ2) is 4.68. The highest BCUT2D eigenvalue weighted by atomic mass is 32.3. The molecule has 0 N–H and O–H groups in total. The largest absolute Gasteiger partial charge is 0.350 e. The SMILES string of the molecule is CCCCc1nc2c(C)cccn2c1S(=O)(=O)F. The fourth-order valence-corrected chi connectivity index (χ4v) is 2.81. The van der Waals surface area contributed by atoms with Crippen LogP contribution >= 0.6 is 0 Å². The summed E-state index contributed by atoms with van der Waals surface area (Å²) in [5.74, 6) is 0. The molecule has 0 aromatic carbocycles. The minimum Gasteiger partial charge on any atom is -0.288 e. The molecule has 0 aliphatic carbocycles. The lowest BCUT2D eigenvalue weighted by atomic mass is 10.2. The molecule has 0 saturated carbocycles. The zero-order valence-corrected chi connectivity index (χ0v) is 11.2. The van der Waals surface area contributed by atoms with Crippen molar-refractivity contribution in [1.29, 1.82) is 0 Å². The van der Waals surface area contributed by atoms with Crippen LogP contribution in [0.2, 0.25) is 0 Å². The van der Waals surface area contributed by atoms with Gasteiger partial charge < -0.3 is 0 Å². The molecule has 0 aliphatic heterocycles. The minimum atomic E-state index is -4.76. The maximum Gasteiger partial charge on any atom is 0.350 e. The maximum absolute atomic E-state index is 13.4. The average Bonchev–Trinajstić information content (AvgIpc) is 2.66. The van der Waals surface area contributed by atoms with Crippen molar-refractivity contribution in [2.45, 2.75) is 38.1 Å². The first kappa shape index (κ1) is 13.0. The van der Waals surface area contributed by atoms with Crippen molar-refractivity contribution in [2.24, 2.45) is 0 Å². The van der Waals surface area contributed by atoms with E-state index in [0.29, 0.717) is 17.8 Å². The van der Waals surface area contributed by atoms with E-state index in [2.05, 4.69) is 4.98 Å². The summed E-state index contributed by atoms with van der Waals surface area (Å²) in [4.78, 5) is 4.26. The average molecular weight is 270 g/mol. The summed E-state index contributed by atoms with van der Waals surface area (Å²) in [5.41, 5.74) is 1.64. The molecule has 0 bridgehead atoms. The zero-order chi connectivity index (χ0) is 13.3. The summed E-state index contributed by atoms with van der Waals surface area (Å²) in [6, 6.07) is 3.50. The van der Waals surface area contributed by atoms with Gasteiger partial charge in [0.1, 0.15) is 5.65 Å². The number of nitrogens with zero attached hydrogens (tertiary/aromatic N) is 2. The standard InChI is InChI=1S/C12H15FN2O2S/c1-3-4-7-10-12(18(13,16)17)15-8-5-6-9(2)11(15)14-10/h5-6,8H,3-4,7H2,1-2H3. The van der Waals surface area contributed by atoms with Crippen LogP contribution < -0.4 is 0 Å². The van der Waals surface area contributed by atoms with Crippen LogP contribution in [0.1, 0.15) is 31.0 Å². The van der Waals surface area contributed by atoms with Crippen LogP contribution in [0, 0.1) is 6.92 Å². The number of rotatable bonds is 4. The first-order valence-electron chi connectivity index (χ1n) is 5.86.